The molecule has 136 valence electrons. The number of rotatable bonds is 9. The number of hydrogen-bond donors (Lipinski definition) is 0. The van der Waals surface area contributed by atoms with Crippen LogP contribution in [0.3, 0.4) is 0 Å². The van der Waals surface area contributed by atoms with Crippen molar-refractivity contribution in [2.24, 2.45) is 0 Å². The zero-order valence-corrected chi connectivity index (χ0v) is 14.6. The topological polar surface area (TPSA) is 78.7 Å². The fourth-order valence-electron chi connectivity index (χ4n) is 2.36. The molecule has 0 bridgehead atoms. The Bertz CT molecular complexity index is 771. The average Bonchev–Trinajstić information content (AvgIpc) is 2.65. The smallest absolute Gasteiger partial charge is 0.330 e. The van der Waals surface area contributed by atoms with E-state index in [2.05, 4.69) is 0 Å². The summed E-state index contributed by atoms with van der Waals surface area (Å²) in [5, 5.41) is 11.3. The lowest BCUT2D eigenvalue weighted by Gasteiger charge is -2.07. The highest BCUT2D eigenvalue weighted by Crippen LogP contribution is 2.28. The molecule has 0 aromatic heterocycles. The molecule has 6 heteroatoms. The van der Waals surface area contributed by atoms with Gasteiger partial charge in [0, 0.05) is 12.1 Å². The fraction of sp³-hybridized carbons (Fsp3) is 0.250. The highest BCUT2D eigenvalue weighted by molar-refractivity contribution is 5.87. The molecule has 0 N–H and O–H groups in total. The Hall–Kier alpha value is -3.15. The molecule has 0 atom stereocenters. The van der Waals surface area contributed by atoms with E-state index in [1.54, 1.807) is 19.1 Å². The van der Waals surface area contributed by atoms with Gasteiger partial charge < -0.3 is 9.47 Å². The second-order valence-corrected chi connectivity index (χ2v) is 5.51. The van der Waals surface area contributed by atoms with Gasteiger partial charge in [-0.25, -0.2) is 4.79 Å². The molecule has 0 radical (unpaired) electrons. The van der Waals surface area contributed by atoms with Gasteiger partial charge in [-0.15, -0.1) is 0 Å². The molecule has 0 unspecified atom stereocenters. The van der Waals surface area contributed by atoms with Crippen molar-refractivity contribution in [3.8, 4) is 5.75 Å². The molecule has 2 aromatic rings. The van der Waals surface area contributed by atoms with Crippen LogP contribution in [-0.4, -0.2) is 24.1 Å². The molecule has 0 saturated heterocycles. The summed E-state index contributed by atoms with van der Waals surface area (Å²) >= 11 is 0. The highest BCUT2D eigenvalue weighted by atomic mass is 16.6. The minimum atomic E-state index is -0.492. The van der Waals surface area contributed by atoms with Gasteiger partial charge in [-0.3, -0.25) is 10.1 Å². The van der Waals surface area contributed by atoms with Gasteiger partial charge >= 0.3 is 11.7 Å². The Kier molecular flexibility index (Phi) is 7.36. The van der Waals surface area contributed by atoms with Gasteiger partial charge in [-0.1, -0.05) is 36.4 Å². The maximum absolute atomic E-state index is 11.3. The molecule has 0 aliphatic rings. The number of carbonyl (C=O) groups is 1. The van der Waals surface area contributed by atoms with Crippen LogP contribution in [0.1, 0.15) is 24.5 Å². The highest BCUT2D eigenvalue weighted by Gasteiger charge is 2.15. The predicted molar refractivity (Wildman–Crippen MR) is 99.0 cm³/mol. The second kappa shape index (κ2) is 9.98. The average molecular weight is 355 g/mol. The van der Waals surface area contributed by atoms with Crippen molar-refractivity contribution in [2.75, 3.05) is 13.2 Å². The largest absolute Gasteiger partial charge is 0.487 e. The Morgan fingerprint density at radius 2 is 1.96 bits per heavy atom. The summed E-state index contributed by atoms with van der Waals surface area (Å²) in [5.74, 6) is -0.271. The van der Waals surface area contributed by atoms with Gasteiger partial charge in [0.2, 0.25) is 0 Å². The summed E-state index contributed by atoms with van der Waals surface area (Å²) in [5.41, 5.74) is 1.60. The maximum atomic E-state index is 11.3. The van der Waals surface area contributed by atoms with E-state index >= 15 is 0 Å². The molecule has 0 heterocycles. The Labute approximate surface area is 152 Å². The van der Waals surface area contributed by atoms with Crippen LogP contribution in [0.15, 0.2) is 54.6 Å². The lowest BCUT2D eigenvalue weighted by molar-refractivity contribution is -0.385. The standard InChI is InChI=1S/C20H21NO5/c1-2-25-20(22)13-11-17-10-12-19(18(15-17)21(23)24)26-14-6-9-16-7-4-3-5-8-16/h3-5,7-8,10-13,15H,2,6,9,14H2,1H3. The van der Waals surface area contributed by atoms with Crippen molar-refractivity contribution < 1.29 is 19.2 Å². The summed E-state index contributed by atoms with van der Waals surface area (Å²) in [7, 11) is 0. The number of hydrogen-bond acceptors (Lipinski definition) is 5. The first-order chi connectivity index (χ1) is 12.6. The lowest BCUT2D eigenvalue weighted by atomic mass is 10.1. The van der Waals surface area contributed by atoms with Crippen LogP contribution < -0.4 is 4.74 Å². The first-order valence-electron chi connectivity index (χ1n) is 8.40. The van der Waals surface area contributed by atoms with Gasteiger partial charge in [-0.2, -0.15) is 0 Å². The second-order valence-electron chi connectivity index (χ2n) is 5.51. The van der Waals surface area contributed by atoms with Crippen LogP contribution in [0, 0.1) is 10.1 Å². The number of nitro benzene ring substituents is 1. The number of carbonyl (C=O) groups excluding carboxylic acids is 1. The van der Waals surface area contributed by atoms with Gasteiger partial charge in [0.25, 0.3) is 0 Å². The van der Waals surface area contributed by atoms with E-state index in [0.717, 1.165) is 12.8 Å². The van der Waals surface area contributed by atoms with E-state index in [4.69, 9.17) is 9.47 Å². The zero-order chi connectivity index (χ0) is 18.8. The van der Waals surface area contributed by atoms with Crippen LogP contribution in [0.4, 0.5) is 5.69 Å². The fourth-order valence-corrected chi connectivity index (χ4v) is 2.36. The van der Waals surface area contributed by atoms with E-state index in [1.807, 2.05) is 30.3 Å². The van der Waals surface area contributed by atoms with Crippen LogP contribution in [0.25, 0.3) is 6.08 Å². The maximum Gasteiger partial charge on any atom is 0.330 e. The molecule has 2 rings (SSSR count). The van der Waals surface area contributed by atoms with Crippen molar-refractivity contribution in [2.45, 2.75) is 19.8 Å². The number of aryl methyl sites for hydroxylation is 1. The molecular weight excluding hydrogens is 334 g/mol. The number of benzene rings is 2. The number of esters is 1. The van der Waals surface area contributed by atoms with E-state index in [0.29, 0.717) is 12.2 Å². The Morgan fingerprint density at radius 1 is 1.19 bits per heavy atom. The molecule has 0 amide bonds. The van der Waals surface area contributed by atoms with Crippen LogP contribution in [0.2, 0.25) is 0 Å². The number of nitrogens with zero attached hydrogens (tertiary/aromatic N) is 1. The van der Waals surface area contributed by atoms with Crippen molar-refractivity contribution in [3.05, 3.63) is 75.8 Å². The molecule has 0 spiro atoms. The van der Waals surface area contributed by atoms with Crippen molar-refractivity contribution in [1.82, 2.24) is 0 Å². The summed E-state index contributed by atoms with van der Waals surface area (Å²) in [4.78, 5) is 22.1. The van der Waals surface area contributed by atoms with Gasteiger partial charge in [0.15, 0.2) is 5.75 Å². The zero-order valence-electron chi connectivity index (χ0n) is 14.6. The van der Waals surface area contributed by atoms with E-state index in [1.165, 1.54) is 23.8 Å². The lowest BCUT2D eigenvalue weighted by Crippen LogP contribution is -2.02. The summed E-state index contributed by atoms with van der Waals surface area (Å²) in [6.45, 7) is 2.37. The van der Waals surface area contributed by atoms with Gasteiger partial charge in [-0.05, 0) is 43.0 Å². The molecule has 2 aromatic carbocycles. The molecule has 26 heavy (non-hydrogen) atoms. The number of nitro groups is 1. The Morgan fingerprint density at radius 3 is 2.65 bits per heavy atom. The predicted octanol–water partition coefficient (Wildman–Crippen LogP) is 4.18. The third-order valence-electron chi connectivity index (χ3n) is 3.59. The van der Waals surface area contributed by atoms with Crippen LogP contribution >= 0.6 is 0 Å². The third-order valence-corrected chi connectivity index (χ3v) is 3.59. The van der Waals surface area contributed by atoms with Gasteiger partial charge in [0.05, 0.1) is 18.1 Å². The van der Waals surface area contributed by atoms with Crippen LogP contribution in [-0.2, 0) is 16.0 Å². The monoisotopic (exact) mass is 355 g/mol. The quantitative estimate of drug-likeness (QED) is 0.222. The normalized spacial score (nSPS) is 10.7. The molecule has 0 fully saturated rings. The first kappa shape index (κ1) is 19.2. The summed E-state index contributed by atoms with van der Waals surface area (Å²) in [6, 6.07) is 14.6. The van der Waals surface area contributed by atoms with Crippen molar-refractivity contribution in [3.63, 3.8) is 0 Å². The number of ether oxygens (including phenoxy) is 2. The minimum absolute atomic E-state index is 0.129. The SMILES string of the molecule is CCOC(=O)C=Cc1ccc(OCCCc2ccccc2)c([N+](=O)[O-])c1. The van der Waals surface area contributed by atoms with E-state index in [9.17, 15) is 14.9 Å². The third kappa shape index (κ3) is 6.05. The first-order valence-corrected chi connectivity index (χ1v) is 8.40. The van der Waals surface area contributed by atoms with Crippen molar-refractivity contribution >= 4 is 17.7 Å². The summed E-state index contributed by atoms with van der Waals surface area (Å²) < 4.78 is 10.4. The van der Waals surface area contributed by atoms with Crippen molar-refractivity contribution in [1.29, 1.82) is 0 Å². The molecule has 6 nitrogen and oxygen atoms in total. The summed E-state index contributed by atoms with van der Waals surface area (Å²) in [6.07, 6.45) is 4.31. The molecule has 0 aliphatic carbocycles. The van der Waals surface area contributed by atoms with Crippen LogP contribution in [0.5, 0.6) is 5.75 Å². The molecule has 0 saturated carbocycles. The van der Waals surface area contributed by atoms with E-state index in [-0.39, 0.29) is 18.0 Å². The molecule has 0 aliphatic heterocycles. The minimum Gasteiger partial charge on any atom is -0.487 e. The Balaban J connectivity index is 1.97. The van der Waals surface area contributed by atoms with Gasteiger partial charge in [0.1, 0.15) is 0 Å². The van der Waals surface area contributed by atoms with E-state index < -0.39 is 10.9 Å². The molecular formula is C20H21NO5.